The van der Waals surface area contributed by atoms with Crippen molar-refractivity contribution in [2.75, 3.05) is 20.3 Å². The first kappa shape index (κ1) is 21.7. The fourth-order valence-electron chi connectivity index (χ4n) is 5.04. The summed E-state index contributed by atoms with van der Waals surface area (Å²) < 4.78 is 27.8. The van der Waals surface area contributed by atoms with E-state index in [2.05, 4.69) is 15.0 Å². The molecule has 1 saturated heterocycles. The predicted octanol–water partition coefficient (Wildman–Crippen LogP) is 5.01. The highest BCUT2D eigenvalue weighted by atomic mass is 19.1. The molecule has 2 aromatic carbocycles. The lowest BCUT2D eigenvalue weighted by Gasteiger charge is -2.52. The van der Waals surface area contributed by atoms with Crippen molar-refractivity contribution in [3.8, 4) is 11.4 Å². The third kappa shape index (κ3) is 3.92. The van der Waals surface area contributed by atoms with Crippen molar-refractivity contribution >= 4 is 11.9 Å². The van der Waals surface area contributed by atoms with Crippen LogP contribution >= 0.6 is 0 Å². The number of amidine groups is 1. The van der Waals surface area contributed by atoms with Crippen LogP contribution in [0.3, 0.4) is 0 Å². The van der Waals surface area contributed by atoms with Gasteiger partial charge >= 0.3 is 0 Å². The van der Waals surface area contributed by atoms with E-state index in [9.17, 15) is 4.39 Å². The Morgan fingerprint density at radius 2 is 2.00 bits per heavy atom. The number of rotatable bonds is 4. The van der Waals surface area contributed by atoms with E-state index in [4.69, 9.17) is 14.3 Å². The minimum atomic E-state index is -0.249. The minimum Gasteiger partial charge on any atom is -0.495 e. The van der Waals surface area contributed by atoms with E-state index < -0.39 is 0 Å². The Hall–Kier alpha value is -3.81. The van der Waals surface area contributed by atoms with Crippen LogP contribution in [0.5, 0.6) is 5.75 Å². The number of halogens is 1. The van der Waals surface area contributed by atoms with Gasteiger partial charge in [-0.05, 0) is 67.7 Å². The van der Waals surface area contributed by atoms with Gasteiger partial charge in [0.1, 0.15) is 23.8 Å². The van der Waals surface area contributed by atoms with Crippen LogP contribution in [0, 0.1) is 12.7 Å². The molecule has 3 heterocycles. The topological polar surface area (TPSA) is 61.1 Å². The number of hydrogen-bond donors (Lipinski definition) is 0. The maximum Gasteiger partial charge on any atom is 0.211 e. The smallest absolute Gasteiger partial charge is 0.211 e. The predicted molar refractivity (Wildman–Crippen MR) is 130 cm³/mol. The zero-order valence-electron chi connectivity index (χ0n) is 19.8. The fraction of sp³-hybridized carbons (Fsp3) is 0.333. The summed E-state index contributed by atoms with van der Waals surface area (Å²) in [6.45, 7) is 3.10. The average molecular weight is 475 g/mol. The SMILES string of the molecule is COc1cc(/C=C2\OC3(CCC3)CN3C2=NOCC3c2ccc(F)cc2)ccc1-n1cnc(C)c1. The molecule has 0 radical (unpaired) electrons. The molecule has 35 heavy (non-hydrogen) atoms. The van der Waals surface area contributed by atoms with Gasteiger partial charge in [0, 0.05) is 6.20 Å². The molecular weight excluding hydrogens is 447 g/mol. The summed E-state index contributed by atoms with van der Waals surface area (Å²) in [5.74, 6) is 1.82. The van der Waals surface area contributed by atoms with Crippen LogP contribution in [-0.4, -0.2) is 46.1 Å². The standard InChI is InChI=1S/C27H27FN4O3/c1-18-14-31(17-29-18)22-9-4-19(12-24(22)33-2)13-25-26-30-34-15-23(20-5-7-21(28)8-6-20)32(26)16-27(35-25)10-3-11-27/h4-9,12-14,17,23H,3,10-11,15-16H2,1-2H3/b25-13-. The third-order valence-corrected chi connectivity index (χ3v) is 7.05. The van der Waals surface area contributed by atoms with Crippen molar-refractivity contribution in [3.05, 3.63) is 83.4 Å². The number of morpholine rings is 1. The van der Waals surface area contributed by atoms with E-state index >= 15 is 0 Å². The number of oxime groups is 1. The highest BCUT2D eigenvalue weighted by molar-refractivity contribution is 6.01. The Bertz CT molecular complexity index is 1310. The van der Waals surface area contributed by atoms with Crippen molar-refractivity contribution < 1.29 is 18.7 Å². The molecule has 1 aliphatic carbocycles. The number of nitrogens with zero attached hydrogens (tertiary/aromatic N) is 4. The van der Waals surface area contributed by atoms with Crippen molar-refractivity contribution in [2.45, 2.75) is 37.8 Å². The molecule has 3 aromatic rings. The van der Waals surface area contributed by atoms with Gasteiger partial charge in [-0.1, -0.05) is 23.4 Å². The lowest BCUT2D eigenvalue weighted by atomic mass is 9.78. The summed E-state index contributed by atoms with van der Waals surface area (Å²) in [5.41, 5.74) is 3.53. The highest BCUT2D eigenvalue weighted by Gasteiger charge is 2.49. The summed E-state index contributed by atoms with van der Waals surface area (Å²) in [5, 5.41) is 4.39. The van der Waals surface area contributed by atoms with Gasteiger partial charge < -0.3 is 23.8 Å². The van der Waals surface area contributed by atoms with Gasteiger partial charge in [-0.3, -0.25) is 0 Å². The van der Waals surface area contributed by atoms with Gasteiger partial charge in [-0.25, -0.2) is 9.37 Å². The zero-order chi connectivity index (χ0) is 24.0. The molecule has 6 rings (SSSR count). The number of fused-ring (bicyclic) bond motifs is 1. The maximum absolute atomic E-state index is 13.6. The fourth-order valence-corrected chi connectivity index (χ4v) is 5.04. The van der Waals surface area contributed by atoms with Crippen molar-refractivity contribution in [3.63, 3.8) is 0 Å². The first-order valence-electron chi connectivity index (χ1n) is 11.9. The Morgan fingerprint density at radius 1 is 1.17 bits per heavy atom. The normalized spacial score (nSPS) is 21.6. The molecule has 2 fully saturated rings. The molecule has 0 bridgehead atoms. The lowest BCUT2D eigenvalue weighted by molar-refractivity contribution is -0.100. The minimum absolute atomic E-state index is 0.0609. The second-order valence-electron chi connectivity index (χ2n) is 9.41. The molecule has 1 atom stereocenters. The van der Waals surface area contributed by atoms with Crippen LogP contribution in [0.1, 0.15) is 42.1 Å². The monoisotopic (exact) mass is 474 g/mol. The second kappa shape index (κ2) is 8.45. The van der Waals surface area contributed by atoms with Gasteiger partial charge in [-0.2, -0.15) is 0 Å². The van der Waals surface area contributed by atoms with E-state index in [-0.39, 0.29) is 17.5 Å². The van der Waals surface area contributed by atoms with Crippen LogP contribution in [0.4, 0.5) is 4.39 Å². The van der Waals surface area contributed by atoms with E-state index in [1.165, 1.54) is 12.1 Å². The third-order valence-electron chi connectivity index (χ3n) is 7.05. The van der Waals surface area contributed by atoms with Crippen molar-refractivity contribution in [1.29, 1.82) is 0 Å². The molecule has 2 aliphatic heterocycles. The van der Waals surface area contributed by atoms with Crippen LogP contribution in [-0.2, 0) is 9.57 Å². The number of imidazole rings is 1. The molecule has 1 unspecified atom stereocenters. The van der Waals surface area contributed by atoms with E-state index in [1.807, 2.05) is 54.1 Å². The summed E-state index contributed by atoms with van der Waals surface area (Å²) >= 11 is 0. The maximum atomic E-state index is 13.6. The molecule has 3 aliphatic rings. The number of hydrogen-bond acceptors (Lipinski definition) is 6. The summed E-state index contributed by atoms with van der Waals surface area (Å²) in [4.78, 5) is 12.2. The van der Waals surface area contributed by atoms with Gasteiger partial charge in [0.2, 0.25) is 5.84 Å². The number of aryl methyl sites for hydroxylation is 1. The molecule has 180 valence electrons. The summed E-state index contributed by atoms with van der Waals surface area (Å²) in [6, 6.07) is 12.6. The molecular formula is C27H27FN4O3. The van der Waals surface area contributed by atoms with Crippen molar-refractivity contribution in [1.82, 2.24) is 14.5 Å². The van der Waals surface area contributed by atoms with Gasteiger partial charge in [-0.15, -0.1) is 0 Å². The molecule has 1 aromatic heterocycles. The van der Waals surface area contributed by atoms with Crippen LogP contribution < -0.4 is 4.74 Å². The Kier molecular flexibility index (Phi) is 5.24. The van der Waals surface area contributed by atoms with Crippen molar-refractivity contribution in [2.24, 2.45) is 5.16 Å². The quantitative estimate of drug-likeness (QED) is 0.532. The number of methoxy groups -OCH3 is 1. The molecule has 0 amide bonds. The average Bonchev–Trinajstić information content (AvgIpc) is 3.29. The number of ether oxygens (including phenoxy) is 2. The first-order valence-corrected chi connectivity index (χ1v) is 11.9. The van der Waals surface area contributed by atoms with Gasteiger partial charge in [0.05, 0.1) is 37.4 Å². The second-order valence-corrected chi connectivity index (χ2v) is 9.41. The lowest BCUT2D eigenvalue weighted by Crippen LogP contribution is -2.59. The molecule has 7 nitrogen and oxygen atoms in total. The number of benzene rings is 2. The van der Waals surface area contributed by atoms with E-state index in [1.54, 1.807) is 13.4 Å². The molecule has 8 heteroatoms. The Labute approximate surface area is 203 Å². The summed E-state index contributed by atoms with van der Waals surface area (Å²) in [6.07, 6.45) is 8.85. The van der Waals surface area contributed by atoms with E-state index in [0.717, 1.165) is 54.1 Å². The molecule has 0 N–H and O–H groups in total. The Balaban J connectivity index is 1.37. The van der Waals surface area contributed by atoms with Gasteiger partial charge in [0.15, 0.2) is 5.76 Å². The molecule has 1 spiro atoms. The number of aromatic nitrogens is 2. The van der Waals surface area contributed by atoms with Crippen LogP contribution in [0.25, 0.3) is 11.8 Å². The summed E-state index contributed by atoms with van der Waals surface area (Å²) in [7, 11) is 1.66. The Morgan fingerprint density at radius 3 is 2.69 bits per heavy atom. The zero-order valence-corrected chi connectivity index (χ0v) is 19.8. The largest absolute Gasteiger partial charge is 0.495 e. The molecule has 1 saturated carbocycles. The van der Waals surface area contributed by atoms with E-state index in [0.29, 0.717) is 18.2 Å². The first-order chi connectivity index (χ1) is 17.0. The van der Waals surface area contributed by atoms with Gasteiger partial charge in [0.25, 0.3) is 0 Å². The highest BCUT2D eigenvalue weighted by Crippen LogP contribution is 2.45. The van der Waals surface area contributed by atoms with Crippen LogP contribution in [0.15, 0.2) is 65.9 Å². The van der Waals surface area contributed by atoms with Crippen LogP contribution in [0.2, 0.25) is 0 Å².